The van der Waals surface area contributed by atoms with Crippen molar-refractivity contribution in [2.45, 2.75) is 38.8 Å². The van der Waals surface area contributed by atoms with Crippen LogP contribution < -0.4 is 4.90 Å². The second kappa shape index (κ2) is 5.89. The highest BCUT2D eigenvalue weighted by Crippen LogP contribution is 2.13. The summed E-state index contributed by atoms with van der Waals surface area (Å²) in [7, 11) is 0. The highest BCUT2D eigenvalue weighted by atomic mass is 35.5. The van der Waals surface area contributed by atoms with Crippen LogP contribution in [0.25, 0.3) is 5.69 Å². The molecule has 2 aromatic rings. The Morgan fingerprint density at radius 2 is 2.10 bits per heavy atom. The highest BCUT2D eigenvalue weighted by molar-refractivity contribution is 6.30. The first-order valence-corrected chi connectivity index (χ1v) is 7.49. The highest BCUT2D eigenvalue weighted by Gasteiger charge is 2.24. The first-order valence-electron chi connectivity index (χ1n) is 7.12. The largest absolute Gasteiger partial charge is 0.326 e. The first-order chi connectivity index (χ1) is 9.74. The third-order valence-corrected chi connectivity index (χ3v) is 4.32. The Morgan fingerprint density at radius 3 is 2.85 bits per heavy atom. The third kappa shape index (κ3) is 2.83. The van der Waals surface area contributed by atoms with Gasteiger partial charge < -0.3 is 4.90 Å². The lowest BCUT2D eigenvalue weighted by molar-refractivity contribution is -0.942. The van der Waals surface area contributed by atoms with E-state index in [4.69, 9.17) is 11.6 Å². The van der Waals surface area contributed by atoms with Gasteiger partial charge in [-0.1, -0.05) is 11.6 Å². The maximum absolute atomic E-state index is 5.92. The van der Waals surface area contributed by atoms with Crippen LogP contribution in [0, 0.1) is 0 Å². The molecule has 1 unspecified atom stereocenters. The van der Waals surface area contributed by atoms with Gasteiger partial charge in [-0.25, -0.2) is 0 Å². The van der Waals surface area contributed by atoms with Crippen molar-refractivity contribution in [1.29, 1.82) is 0 Å². The summed E-state index contributed by atoms with van der Waals surface area (Å²) in [6.07, 6.45) is 3.92. The van der Waals surface area contributed by atoms with Crippen LogP contribution in [-0.2, 0) is 6.54 Å². The molecule has 5 nitrogen and oxygen atoms in total. The molecule has 0 bridgehead atoms. The molecule has 0 amide bonds. The molecule has 1 aromatic carbocycles. The fraction of sp³-hybridized carbons (Fsp3) is 0.500. The molecule has 2 heterocycles. The van der Waals surface area contributed by atoms with Crippen molar-refractivity contribution >= 4 is 11.6 Å². The number of likely N-dealkylation sites (tertiary alicyclic amines) is 1. The van der Waals surface area contributed by atoms with Crippen LogP contribution in [0.3, 0.4) is 0 Å². The van der Waals surface area contributed by atoms with E-state index in [-0.39, 0.29) is 0 Å². The number of hydrogen-bond donors (Lipinski definition) is 1. The lowest BCUT2D eigenvalue weighted by Crippen LogP contribution is -3.15. The van der Waals surface area contributed by atoms with E-state index in [1.165, 1.54) is 25.8 Å². The Bertz CT molecular complexity index is 565. The molecule has 1 aromatic heterocycles. The number of nitrogens with one attached hydrogen (secondary N) is 1. The molecule has 6 heteroatoms. The molecule has 0 radical (unpaired) electrons. The van der Waals surface area contributed by atoms with E-state index >= 15 is 0 Å². The van der Waals surface area contributed by atoms with Crippen molar-refractivity contribution in [2.75, 3.05) is 6.54 Å². The number of aromatic nitrogens is 4. The number of hydrogen-bond acceptors (Lipinski definition) is 3. The molecular weight excluding hydrogens is 274 g/mol. The summed E-state index contributed by atoms with van der Waals surface area (Å²) in [5.41, 5.74) is 0.957. The van der Waals surface area contributed by atoms with Gasteiger partial charge in [-0.3, -0.25) is 0 Å². The van der Waals surface area contributed by atoms with Crippen LogP contribution in [0.2, 0.25) is 5.02 Å². The molecule has 1 aliphatic rings. The third-order valence-electron chi connectivity index (χ3n) is 4.07. The lowest BCUT2D eigenvalue weighted by Gasteiger charge is -2.29. The zero-order valence-corrected chi connectivity index (χ0v) is 12.3. The van der Waals surface area contributed by atoms with Crippen LogP contribution >= 0.6 is 11.6 Å². The molecule has 1 N–H and O–H groups in total. The van der Waals surface area contributed by atoms with Gasteiger partial charge in [0.1, 0.15) is 6.54 Å². The average molecular weight is 293 g/mol. The molecule has 0 aliphatic carbocycles. The summed E-state index contributed by atoms with van der Waals surface area (Å²) in [5, 5.41) is 12.8. The number of rotatable bonds is 3. The predicted octanol–water partition coefficient (Wildman–Crippen LogP) is 1.27. The maximum atomic E-state index is 5.92. The monoisotopic (exact) mass is 292 g/mol. The van der Waals surface area contributed by atoms with Gasteiger partial charge in [0.2, 0.25) is 5.82 Å². The van der Waals surface area contributed by atoms with Crippen LogP contribution in [0.1, 0.15) is 32.0 Å². The lowest BCUT2D eigenvalue weighted by atomic mass is 10.0. The standard InChI is InChI=1S/C14H18ClN5/c1-11-4-2-3-9-19(11)10-14-16-17-18-20(14)13-7-5-12(15)6-8-13/h5-8,11H,2-4,9-10H2,1H3/p+1/t11-/m1/s1. The summed E-state index contributed by atoms with van der Waals surface area (Å²) >= 11 is 5.92. The minimum absolute atomic E-state index is 0.680. The van der Waals surface area contributed by atoms with Crippen molar-refractivity contribution in [2.24, 2.45) is 0 Å². The quantitative estimate of drug-likeness (QED) is 0.927. The number of halogens is 1. The summed E-state index contributed by atoms with van der Waals surface area (Å²) in [6, 6.07) is 8.28. The first kappa shape index (κ1) is 13.5. The Hall–Kier alpha value is -1.46. The maximum Gasteiger partial charge on any atom is 0.210 e. The van der Waals surface area contributed by atoms with Crippen molar-refractivity contribution in [3.63, 3.8) is 0 Å². The summed E-state index contributed by atoms with van der Waals surface area (Å²) in [5.74, 6) is 0.913. The van der Waals surface area contributed by atoms with E-state index in [9.17, 15) is 0 Å². The summed E-state index contributed by atoms with van der Waals surface area (Å²) in [4.78, 5) is 1.57. The minimum atomic E-state index is 0.680. The van der Waals surface area contributed by atoms with Crippen molar-refractivity contribution in [3.05, 3.63) is 35.1 Å². The summed E-state index contributed by atoms with van der Waals surface area (Å²) in [6.45, 7) is 4.39. The Labute approximate surface area is 123 Å². The van der Waals surface area contributed by atoms with Gasteiger partial charge in [-0.15, -0.1) is 5.10 Å². The number of nitrogens with zero attached hydrogens (tertiary/aromatic N) is 4. The zero-order valence-electron chi connectivity index (χ0n) is 11.6. The Morgan fingerprint density at radius 1 is 1.30 bits per heavy atom. The molecule has 3 rings (SSSR count). The molecular formula is C14H19ClN5+. The Kier molecular flexibility index (Phi) is 3.98. The molecule has 1 saturated heterocycles. The van der Waals surface area contributed by atoms with Gasteiger partial charge in [0.25, 0.3) is 0 Å². The molecule has 0 saturated carbocycles. The summed E-state index contributed by atoms with van der Waals surface area (Å²) < 4.78 is 1.81. The van der Waals surface area contributed by atoms with Crippen molar-refractivity contribution in [3.8, 4) is 5.69 Å². The van der Waals surface area contributed by atoms with Gasteiger partial charge in [0.05, 0.1) is 18.3 Å². The molecule has 20 heavy (non-hydrogen) atoms. The molecule has 0 spiro atoms. The van der Waals surface area contributed by atoms with Gasteiger partial charge in [0, 0.05) is 5.02 Å². The van der Waals surface area contributed by atoms with Crippen LogP contribution in [0.4, 0.5) is 0 Å². The van der Waals surface area contributed by atoms with Crippen LogP contribution in [0.5, 0.6) is 0 Å². The molecule has 2 atom stereocenters. The van der Waals surface area contributed by atoms with E-state index in [1.807, 2.05) is 28.9 Å². The van der Waals surface area contributed by atoms with Crippen molar-refractivity contribution in [1.82, 2.24) is 20.2 Å². The second-order valence-corrected chi connectivity index (χ2v) is 5.90. The molecule has 106 valence electrons. The normalized spacial score (nSPS) is 22.9. The second-order valence-electron chi connectivity index (χ2n) is 5.47. The fourth-order valence-corrected chi connectivity index (χ4v) is 2.94. The Balaban J connectivity index is 1.81. The number of piperidine rings is 1. The SMILES string of the molecule is C[C@@H]1CCCC[NH+]1Cc1nnnn1-c1ccc(Cl)cc1. The topological polar surface area (TPSA) is 48.0 Å². The number of tetrazole rings is 1. The average Bonchev–Trinajstić information content (AvgIpc) is 2.90. The van der Waals surface area contributed by atoms with Gasteiger partial charge in [-0.05, 0) is 60.9 Å². The van der Waals surface area contributed by atoms with Gasteiger partial charge >= 0.3 is 0 Å². The van der Waals surface area contributed by atoms with Gasteiger partial charge in [0.15, 0.2) is 0 Å². The van der Waals surface area contributed by atoms with E-state index in [0.29, 0.717) is 6.04 Å². The van der Waals surface area contributed by atoms with E-state index in [2.05, 4.69) is 22.4 Å². The smallest absolute Gasteiger partial charge is 0.210 e. The van der Waals surface area contributed by atoms with Crippen LogP contribution in [-0.4, -0.2) is 32.8 Å². The fourth-order valence-electron chi connectivity index (χ4n) is 2.82. The van der Waals surface area contributed by atoms with Crippen LogP contribution in [0.15, 0.2) is 24.3 Å². The number of quaternary nitrogens is 1. The van der Waals surface area contributed by atoms with Gasteiger partial charge in [-0.2, -0.15) is 4.68 Å². The minimum Gasteiger partial charge on any atom is -0.326 e. The predicted molar refractivity (Wildman–Crippen MR) is 77.0 cm³/mol. The van der Waals surface area contributed by atoms with E-state index in [0.717, 1.165) is 23.1 Å². The van der Waals surface area contributed by atoms with Crippen molar-refractivity contribution < 1.29 is 4.90 Å². The number of benzene rings is 1. The van der Waals surface area contributed by atoms with E-state index in [1.54, 1.807) is 4.90 Å². The molecule has 1 aliphatic heterocycles. The zero-order chi connectivity index (χ0) is 13.9. The molecule has 1 fully saturated rings. The van der Waals surface area contributed by atoms with E-state index < -0.39 is 0 Å².